The minimum Gasteiger partial charge on any atom is -0.364 e. The molecule has 1 atom stereocenters. The Labute approximate surface area is 104 Å². The van der Waals surface area contributed by atoms with Crippen LogP contribution in [0.3, 0.4) is 0 Å². The third-order valence-electron chi connectivity index (χ3n) is 3.36. The van der Waals surface area contributed by atoms with Gasteiger partial charge >= 0.3 is 0 Å². The Bertz CT molecular complexity index is 308. The molecular formula is C14H24N2O. The lowest BCUT2D eigenvalue weighted by Crippen LogP contribution is -2.33. The minimum absolute atomic E-state index is 0.639. The zero-order valence-electron chi connectivity index (χ0n) is 11.0. The van der Waals surface area contributed by atoms with Gasteiger partial charge in [-0.2, -0.15) is 0 Å². The molecule has 2 rings (SSSR count). The summed E-state index contributed by atoms with van der Waals surface area (Å²) < 4.78 is 7.82. The maximum Gasteiger partial charge on any atom is 0.0994 e. The van der Waals surface area contributed by atoms with E-state index in [2.05, 4.69) is 47.8 Å². The average molecular weight is 236 g/mol. The molecule has 1 aromatic heterocycles. The maximum absolute atomic E-state index is 5.58. The molecule has 1 fully saturated rings. The van der Waals surface area contributed by atoms with Gasteiger partial charge in [-0.3, -0.25) is 4.90 Å². The summed E-state index contributed by atoms with van der Waals surface area (Å²) in [5, 5.41) is 0. The molecule has 1 aromatic rings. The predicted molar refractivity (Wildman–Crippen MR) is 69.8 cm³/mol. The van der Waals surface area contributed by atoms with E-state index in [9.17, 15) is 0 Å². The first-order valence-corrected chi connectivity index (χ1v) is 6.68. The Morgan fingerprint density at radius 1 is 1.24 bits per heavy atom. The molecule has 0 bridgehead atoms. The van der Waals surface area contributed by atoms with Gasteiger partial charge < -0.3 is 9.30 Å². The highest BCUT2D eigenvalue weighted by atomic mass is 16.5. The Kier molecular flexibility index (Phi) is 4.63. The molecular weight excluding hydrogens is 212 g/mol. The van der Waals surface area contributed by atoms with Crippen LogP contribution in [-0.4, -0.2) is 35.4 Å². The van der Waals surface area contributed by atoms with Crippen molar-refractivity contribution in [3.8, 4) is 0 Å². The van der Waals surface area contributed by atoms with Crippen LogP contribution in [0.15, 0.2) is 24.5 Å². The van der Waals surface area contributed by atoms with Gasteiger partial charge in [-0.25, -0.2) is 0 Å². The number of hydrogen-bond acceptors (Lipinski definition) is 2. The highest BCUT2D eigenvalue weighted by molar-refractivity contribution is 4.90. The van der Waals surface area contributed by atoms with Crippen molar-refractivity contribution in [2.24, 2.45) is 5.92 Å². The number of hydrogen-bond donors (Lipinski definition) is 0. The van der Waals surface area contributed by atoms with Crippen molar-refractivity contribution >= 4 is 0 Å². The fraction of sp³-hybridized carbons (Fsp3) is 0.714. The van der Waals surface area contributed by atoms with Crippen LogP contribution in [0.2, 0.25) is 0 Å². The lowest BCUT2D eigenvalue weighted by Gasteiger charge is -2.23. The van der Waals surface area contributed by atoms with E-state index >= 15 is 0 Å². The Hall–Kier alpha value is -0.800. The molecule has 0 unspecified atom stereocenters. The zero-order chi connectivity index (χ0) is 12.1. The van der Waals surface area contributed by atoms with Crippen LogP contribution in [0.1, 0.15) is 26.7 Å². The van der Waals surface area contributed by atoms with Crippen LogP contribution in [0, 0.1) is 5.92 Å². The second kappa shape index (κ2) is 6.22. The molecule has 17 heavy (non-hydrogen) atoms. The van der Waals surface area contributed by atoms with E-state index in [1.807, 2.05) is 0 Å². The van der Waals surface area contributed by atoms with Crippen molar-refractivity contribution in [1.82, 2.24) is 9.47 Å². The molecule has 96 valence electrons. The molecule has 0 aromatic carbocycles. The van der Waals surface area contributed by atoms with Crippen molar-refractivity contribution in [2.75, 3.05) is 19.9 Å². The number of rotatable bonds is 6. The van der Waals surface area contributed by atoms with Gasteiger partial charge in [0.2, 0.25) is 0 Å². The maximum atomic E-state index is 5.58. The Balaban J connectivity index is 1.70. The zero-order valence-corrected chi connectivity index (χ0v) is 11.0. The Morgan fingerprint density at radius 3 is 2.71 bits per heavy atom. The van der Waals surface area contributed by atoms with Crippen LogP contribution < -0.4 is 0 Å². The number of aromatic nitrogens is 1. The molecule has 0 aliphatic carbocycles. The summed E-state index contributed by atoms with van der Waals surface area (Å²) in [5.74, 6) is 0.758. The third kappa shape index (κ3) is 3.86. The second-order valence-electron chi connectivity index (χ2n) is 5.37. The number of ether oxygens (including phenoxy) is 1. The van der Waals surface area contributed by atoms with Crippen molar-refractivity contribution < 1.29 is 4.74 Å². The largest absolute Gasteiger partial charge is 0.364 e. The summed E-state index contributed by atoms with van der Waals surface area (Å²) in [7, 11) is 0. The first kappa shape index (κ1) is 12.7. The number of aryl methyl sites for hydroxylation is 1. The Morgan fingerprint density at radius 2 is 2.00 bits per heavy atom. The standard InChI is InChI=1S/C14H24N2O/c1-13(2)10-14-11-17-12-16(14)9-5-8-15-6-3-4-7-15/h3-4,6-7,13-14H,5,8-12H2,1-2H3/t14-/m0/s1. The quantitative estimate of drug-likeness (QED) is 0.755. The van der Waals surface area contributed by atoms with Gasteiger partial charge in [0.25, 0.3) is 0 Å². The van der Waals surface area contributed by atoms with E-state index in [0.29, 0.717) is 6.04 Å². The smallest absolute Gasteiger partial charge is 0.0994 e. The van der Waals surface area contributed by atoms with E-state index in [4.69, 9.17) is 4.74 Å². The summed E-state index contributed by atoms with van der Waals surface area (Å²) >= 11 is 0. The fourth-order valence-electron chi connectivity index (χ4n) is 2.50. The van der Waals surface area contributed by atoms with E-state index in [1.165, 1.54) is 12.8 Å². The SMILES string of the molecule is CC(C)C[C@H]1COCN1CCCn1cccc1. The molecule has 1 saturated heterocycles. The molecule has 0 saturated carbocycles. The van der Waals surface area contributed by atoms with Crippen molar-refractivity contribution in [2.45, 2.75) is 39.3 Å². The topological polar surface area (TPSA) is 17.4 Å². The summed E-state index contributed by atoms with van der Waals surface area (Å²) in [5.41, 5.74) is 0. The molecule has 1 aliphatic rings. The third-order valence-corrected chi connectivity index (χ3v) is 3.36. The minimum atomic E-state index is 0.639. The lowest BCUT2D eigenvalue weighted by molar-refractivity contribution is 0.135. The van der Waals surface area contributed by atoms with Crippen molar-refractivity contribution in [1.29, 1.82) is 0 Å². The normalized spacial score (nSPS) is 21.5. The van der Waals surface area contributed by atoms with Crippen molar-refractivity contribution in [3.05, 3.63) is 24.5 Å². The first-order chi connectivity index (χ1) is 8.25. The summed E-state index contributed by atoms with van der Waals surface area (Å²) in [4.78, 5) is 2.49. The first-order valence-electron chi connectivity index (χ1n) is 6.68. The van der Waals surface area contributed by atoms with Crippen LogP contribution in [0.4, 0.5) is 0 Å². The second-order valence-corrected chi connectivity index (χ2v) is 5.37. The monoisotopic (exact) mass is 236 g/mol. The van der Waals surface area contributed by atoms with E-state index in [0.717, 1.165) is 32.3 Å². The van der Waals surface area contributed by atoms with Gasteiger partial charge in [-0.05, 0) is 30.9 Å². The lowest BCUT2D eigenvalue weighted by atomic mass is 10.0. The van der Waals surface area contributed by atoms with Crippen LogP contribution >= 0.6 is 0 Å². The van der Waals surface area contributed by atoms with Crippen LogP contribution in [0.5, 0.6) is 0 Å². The molecule has 3 nitrogen and oxygen atoms in total. The highest BCUT2D eigenvalue weighted by Gasteiger charge is 2.25. The molecule has 1 aliphatic heterocycles. The van der Waals surface area contributed by atoms with E-state index in [-0.39, 0.29) is 0 Å². The predicted octanol–water partition coefficient (Wildman–Crippen LogP) is 2.58. The summed E-state index contributed by atoms with van der Waals surface area (Å²) in [6, 6.07) is 4.81. The highest BCUT2D eigenvalue weighted by Crippen LogP contribution is 2.17. The average Bonchev–Trinajstić information content (AvgIpc) is 2.90. The van der Waals surface area contributed by atoms with Gasteiger partial charge in [0.1, 0.15) is 0 Å². The molecule has 0 spiro atoms. The summed E-state index contributed by atoms with van der Waals surface area (Å²) in [6.45, 7) is 8.57. The van der Waals surface area contributed by atoms with E-state index < -0.39 is 0 Å². The summed E-state index contributed by atoms with van der Waals surface area (Å²) in [6.07, 6.45) is 6.72. The van der Waals surface area contributed by atoms with Gasteiger partial charge in [-0.15, -0.1) is 0 Å². The van der Waals surface area contributed by atoms with Crippen LogP contribution in [0.25, 0.3) is 0 Å². The molecule has 2 heterocycles. The molecule has 3 heteroatoms. The molecule has 0 amide bonds. The van der Waals surface area contributed by atoms with Crippen LogP contribution in [-0.2, 0) is 11.3 Å². The van der Waals surface area contributed by atoms with Gasteiger partial charge in [-0.1, -0.05) is 13.8 Å². The molecule has 0 N–H and O–H groups in total. The van der Waals surface area contributed by atoms with Crippen molar-refractivity contribution in [3.63, 3.8) is 0 Å². The number of nitrogens with zero attached hydrogens (tertiary/aromatic N) is 2. The van der Waals surface area contributed by atoms with Gasteiger partial charge in [0.15, 0.2) is 0 Å². The van der Waals surface area contributed by atoms with Gasteiger partial charge in [0.05, 0.1) is 13.3 Å². The fourth-order valence-corrected chi connectivity index (χ4v) is 2.50. The van der Waals surface area contributed by atoms with Gasteiger partial charge in [0, 0.05) is 31.5 Å². The van der Waals surface area contributed by atoms with E-state index in [1.54, 1.807) is 0 Å². The molecule has 0 radical (unpaired) electrons.